The minimum Gasteiger partial charge on any atom is -0.370 e. The van der Waals surface area contributed by atoms with E-state index in [9.17, 15) is 22.8 Å². The fourth-order valence-corrected chi connectivity index (χ4v) is 3.34. The summed E-state index contributed by atoms with van der Waals surface area (Å²) in [6, 6.07) is 3.03. The Balaban J connectivity index is 1.69. The number of nitrogens with one attached hydrogen (secondary N) is 1. The lowest BCUT2D eigenvalue weighted by Gasteiger charge is -2.30. The number of anilines is 2. The summed E-state index contributed by atoms with van der Waals surface area (Å²) in [6.45, 7) is 0.229. The summed E-state index contributed by atoms with van der Waals surface area (Å²) in [7, 11) is 0. The Kier molecular flexibility index (Phi) is 7.09. The molecule has 0 unspecified atom stereocenters. The van der Waals surface area contributed by atoms with Crippen molar-refractivity contribution >= 4 is 23.2 Å². The van der Waals surface area contributed by atoms with Gasteiger partial charge in [-0.2, -0.15) is 0 Å². The first kappa shape index (κ1) is 21.5. The average molecular weight is 414 g/mol. The third-order valence-corrected chi connectivity index (χ3v) is 5.04. The normalized spacial score (nSPS) is 18.4. The molecule has 29 heavy (non-hydrogen) atoms. The van der Waals surface area contributed by atoms with Crippen LogP contribution >= 0.6 is 0 Å². The van der Waals surface area contributed by atoms with Crippen LogP contribution in [0.5, 0.6) is 0 Å². The van der Waals surface area contributed by atoms with E-state index in [-0.39, 0.29) is 30.7 Å². The molecule has 1 saturated heterocycles. The van der Waals surface area contributed by atoms with E-state index in [4.69, 9.17) is 10.5 Å². The molecule has 3 rings (SSSR count). The highest BCUT2D eigenvalue weighted by atomic mass is 19.3. The molecule has 0 aromatic heterocycles. The Labute approximate surface area is 167 Å². The standard InChI is InChI=1S/C19H25F3N4O3/c20-14-7-13(26-5-6-29-11-18(26)27)3-4-15(14)24-19(28)16(8-23)25(10-17(21)22)9-12-1-2-12/h3-4,7,12,16-17H,1-2,5-6,8-11,23H2,(H,24,28)/t16-/m0/s1. The van der Waals surface area contributed by atoms with Crippen molar-refractivity contribution in [3.05, 3.63) is 24.0 Å². The summed E-state index contributed by atoms with van der Waals surface area (Å²) < 4.78 is 45.5. The van der Waals surface area contributed by atoms with Gasteiger partial charge in [-0.15, -0.1) is 0 Å². The number of nitrogens with zero attached hydrogens (tertiary/aromatic N) is 2. The van der Waals surface area contributed by atoms with Gasteiger partial charge in [0.1, 0.15) is 18.5 Å². The van der Waals surface area contributed by atoms with Gasteiger partial charge in [-0.1, -0.05) is 0 Å². The molecule has 1 saturated carbocycles. The zero-order valence-corrected chi connectivity index (χ0v) is 16.0. The Bertz CT molecular complexity index is 741. The summed E-state index contributed by atoms with van der Waals surface area (Å²) >= 11 is 0. The topological polar surface area (TPSA) is 87.9 Å². The number of rotatable bonds is 9. The Morgan fingerprint density at radius 2 is 2.14 bits per heavy atom. The highest BCUT2D eigenvalue weighted by Gasteiger charge is 2.33. The van der Waals surface area contributed by atoms with Crippen LogP contribution in [0.15, 0.2) is 18.2 Å². The van der Waals surface area contributed by atoms with Crippen molar-refractivity contribution in [2.75, 3.05) is 49.6 Å². The number of benzene rings is 1. The van der Waals surface area contributed by atoms with Gasteiger partial charge >= 0.3 is 0 Å². The summed E-state index contributed by atoms with van der Waals surface area (Å²) in [5.74, 6) is -1.35. The first-order valence-electron chi connectivity index (χ1n) is 9.59. The lowest BCUT2D eigenvalue weighted by atomic mass is 10.2. The molecule has 1 aliphatic carbocycles. The maximum atomic E-state index is 14.5. The zero-order valence-electron chi connectivity index (χ0n) is 16.0. The summed E-state index contributed by atoms with van der Waals surface area (Å²) in [4.78, 5) is 27.3. The molecule has 1 aromatic carbocycles. The summed E-state index contributed by atoms with van der Waals surface area (Å²) in [5.41, 5.74) is 5.94. The number of alkyl halides is 2. The van der Waals surface area contributed by atoms with Crippen molar-refractivity contribution in [2.45, 2.75) is 25.3 Å². The van der Waals surface area contributed by atoms with Crippen molar-refractivity contribution in [1.29, 1.82) is 0 Å². The molecule has 1 aliphatic heterocycles. The fourth-order valence-electron chi connectivity index (χ4n) is 3.34. The third-order valence-electron chi connectivity index (χ3n) is 5.04. The minimum atomic E-state index is -2.60. The first-order chi connectivity index (χ1) is 13.9. The molecular formula is C19H25F3N4O3. The second kappa shape index (κ2) is 9.55. The van der Waals surface area contributed by atoms with Gasteiger partial charge in [-0.05, 0) is 37.0 Å². The molecule has 0 radical (unpaired) electrons. The van der Waals surface area contributed by atoms with E-state index in [1.807, 2.05) is 0 Å². The Morgan fingerprint density at radius 1 is 1.38 bits per heavy atom. The number of hydrogen-bond acceptors (Lipinski definition) is 5. The predicted molar refractivity (Wildman–Crippen MR) is 101 cm³/mol. The van der Waals surface area contributed by atoms with Gasteiger partial charge in [0.05, 0.1) is 18.8 Å². The highest BCUT2D eigenvalue weighted by Crippen LogP contribution is 2.31. The SMILES string of the molecule is NC[C@@H](C(=O)Nc1ccc(N2CCOCC2=O)cc1F)N(CC(F)F)CC1CC1. The maximum Gasteiger partial charge on any atom is 0.253 e. The molecule has 10 heteroatoms. The van der Waals surface area contributed by atoms with Gasteiger partial charge in [0.15, 0.2) is 0 Å². The van der Waals surface area contributed by atoms with Gasteiger partial charge < -0.3 is 20.7 Å². The van der Waals surface area contributed by atoms with Crippen molar-refractivity contribution < 1.29 is 27.5 Å². The third kappa shape index (κ3) is 5.68. The van der Waals surface area contributed by atoms with Crippen molar-refractivity contribution in [3.8, 4) is 0 Å². The molecule has 7 nitrogen and oxygen atoms in total. The van der Waals surface area contributed by atoms with Crippen LogP contribution in [0.4, 0.5) is 24.5 Å². The molecule has 3 N–H and O–H groups in total. The van der Waals surface area contributed by atoms with Gasteiger partial charge in [0.25, 0.3) is 12.3 Å². The predicted octanol–water partition coefficient (Wildman–Crippen LogP) is 1.43. The Hall–Kier alpha value is -2.17. The molecule has 2 fully saturated rings. The quantitative estimate of drug-likeness (QED) is 0.638. The summed E-state index contributed by atoms with van der Waals surface area (Å²) in [5, 5.41) is 2.44. The van der Waals surface area contributed by atoms with Crippen molar-refractivity contribution in [3.63, 3.8) is 0 Å². The van der Waals surface area contributed by atoms with Gasteiger partial charge in [-0.3, -0.25) is 14.5 Å². The van der Waals surface area contributed by atoms with Crippen LogP contribution in [0.2, 0.25) is 0 Å². The van der Waals surface area contributed by atoms with Crippen molar-refractivity contribution in [2.24, 2.45) is 11.7 Å². The maximum absolute atomic E-state index is 14.5. The smallest absolute Gasteiger partial charge is 0.253 e. The zero-order chi connectivity index (χ0) is 21.0. The number of carbonyl (C=O) groups excluding carboxylic acids is 2. The van der Waals surface area contributed by atoms with E-state index in [1.54, 1.807) is 0 Å². The lowest BCUT2D eigenvalue weighted by molar-refractivity contribution is -0.125. The van der Waals surface area contributed by atoms with E-state index in [1.165, 1.54) is 21.9 Å². The van der Waals surface area contributed by atoms with E-state index >= 15 is 0 Å². The molecular weight excluding hydrogens is 389 g/mol. The van der Waals surface area contributed by atoms with Crippen LogP contribution in [0.3, 0.4) is 0 Å². The van der Waals surface area contributed by atoms with Crippen LogP contribution < -0.4 is 16.0 Å². The molecule has 2 aliphatic rings. The molecule has 1 heterocycles. The van der Waals surface area contributed by atoms with E-state index < -0.39 is 30.7 Å². The number of carbonyl (C=O) groups is 2. The van der Waals surface area contributed by atoms with Gasteiger partial charge in [-0.25, -0.2) is 13.2 Å². The average Bonchev–Trinajstić information content (AvgIpc) is 3.48. The number of halogens is 3. The van der Waals surface area contributed by atoms with E-state index in [2.05, 4.69) is 5.32 Å². The van der Waals surface area contributed by atoms with E-state index in [0.717, 1.165) is 18.9 Å². The molecule has 1 atom stereocenters. The van der Waals surface area contributed by atoms with Crippen LogP contribution in [0.25, 0.3) is 0 Å². The van der Waals surface area contributed by atoms with Gasteiger partial charge in [0, 0.05) is 25.3 Å². The fraction of sp³-hybridized carbons (Fsp3) is 0.579. The number of amides is 2. The van der Waals surface area contributed by atoms with Crippen LogP contribution in [0.1, 0.15) is 12.8 Å². The van der Waals surface area contributed by atoms with Crippen LogP contribution in [-0.2, 0) is 14.3 Å². The first-order valence-corrected chi connectivity index (χ1v) is 9.59. The molecule has 2 amide bonds. The van der Waals surface area contributed by atoms with E-state index in [0.29, 0.717) is 25.4 Å². The number of nitrogens with two attached hydrogens (primary N) is 1. The summed E-state index contributed by atoms with van der Waals surface area (Å²) in [6.07, 6.45) is -0.720. The monoisotopic (exact) mass is 414 g/mol. The van der Waals surface area contributed by atoms with Crippen LogP contribution in [-0.4, -0.2) is 68.6 Å². The number of ether oxygens (including phenoxy) is 1. The minimum absolute atomic E-state index is 0.0702. The second-order valence-electron chi connectivity index (χ2n) is 7.29. The lowest BCUT2D eigenvalue weighted by Crippen LogP contribution is -2.51. The molecule has 1 aromatic rings. The molecule has 160 valence electrons. The molecule has 0 spiro atoms. The van der Waals surface area contributed by atoms with Crippen molar-refractivity contribution in [1.82, 2.24) is 4.90 Å². The van der Waals surface area contributed by atoms with Crippen LogP contribution in [0, 0.1) is 11.7 Å². The number of hydrogen-bond donors (Lipinski definition) is 2. The highest BCUT2D eigenvalue weighted by molar-refractivity contribution is 5.97. The number of morpholine rings is 1. The Morgan fingerprint density at radius 3 is 2.72 bits per heavy atom. The largest absolute Gasteiger partial charge is 0.370 e. The molecule has 0 bridgehead atoms. The van der Waals surface area contributed by atoms with Gasteiger partial charge in [0.2, 0.25) is 5.91 Å². The second-order valence-corrected chi connectivity index (χ2v) is 7.29.